The van der Waals surface area contributed by atoms with Crippen LogP contribution in [0.5, 0.6) is 5.75 Å². The Hall–Kier alpha value is -1.66. The molecule has 1 aromatic carbocycles. The van der Waals surface area contributed by atoms with E-state index in [9.17, 15) is 9.18 Å². The summed E-state index contributed by atoms with van der Waals surface area (Å²) in [6.45, 7) is 1.37. The summed E-state index contributed by atoms with van der Waals surface area (Å²) in [4.78, 5) is 13.5. The lowest BCUT2D eigenvalue weighted by Crippen LogP contribution is -2.43. The molecule has 1 aliphatic rings. The molecule has 0 unspecified atom stereocenters. The molecular weight excluding hydrogens is 277 g/mol. The van der Waals surface area contributed by atoms with Gasteiger partial charge >= 0.3 is 0 Å². The Morgan fingerprint density at radius 1 is 1.43 bits per heavy atom. The van der Waals surface area contributed by atoms with E-state index in [1.165, 1.54) is 19.2 Å². The van der Waals surface area contributed by atoms with E-state index in [1.807, 2.05) is 0 Å². The number of halogens is 1. The van der Waals surface area contributed by atoms with E-state index in [-0.39, 0.29) is 24.9 Å². The van der Waals surface area contributed by atoms with Crippen molar-refractivity contribution < 1.29 is 23.4 Å². The lowest BCUT2D eigenvalue weighted by molar-refractivity contribution is -0.135. The fourth-order valence-corrected chi connectivity index (χ4v) is 2.39. The second-order valence-electron chi connectivity index (χ2n) is 5.13. The first-order valence-electron chi connectivity index (χ1n) is 6.79. The third kappa shape index (κ3) is 3.92. The Morgan fingerprint density at radius 3 is 2.90 bits per heavy atom. The van der Waals surface area contributed by atoms with Gasteiger partial charge in [0.2, 0.25) is 5.91 Å². The zero-order chi connectivity index (χ0) is 15.3. The van der Waals surface area contributed by atoms with Crippen LogP contribution >= 0.6 is 0 Å². The minimum absolute atomic E-state index is 0.0601. The van der Waals surface area contributed by atoms with Gasteiger partial charge in [-0.15, -0.1) is 0 Å². The SMILES string of the molecule is COCC(=O)N1CC[C@](COc2cccc(F)c2)(OC)C1. The number of carbonyl (C=O) groups excluding carboxylic acids is 1. The summed E-state index contributed by atoms with van der Waals surface area (Å²) in [5, 5.41) is 0. The molecule has 1 heterocycles. The minimum atomic E-state index is -0.560. The molecule has 21 heavy (non-hydrogen) atoms. The highest BCUT2D eigenvalue weighted by atomic mass is 19.1. The number of benzene rings is 1. The highest BCUT2D eigenvalue weighted by Crippen LogP contribution is 2.26. The molecule has 0 bridgehead atoms. The third-order valence-corrected chi connectivity index (χ3v) is 3.67. The topological polar surface area (TPSA) is 48.0 Å². The van der Waals surface area contributed by atoms with Crippen molar-refractivity contribution in [2.45, 2.75) is 12.0 Å². The molecule has 1 aromatic rings. The predicted molar refractivity (Wildman–Crippen MR) is 74.7 cm³/mol. The molecule has 1 aliphatic heterocycles. The van der Waals surface area contributed by atoms with Crippen molar-refractivity contribution in [1.29, 1.82) is 0 Å². The highest BCUT2D eigenvalue weighted by Gasteiger charge is 2.41. The Morgan fingerprint density at radius 2 is 2.24 bits per heavy atom. The van der Waals surface area contributed by atoms with E-state index < -0.39 is 5.60 Å². The van der Waals surface area contributed by atoms with Crippen molar-refractivity contribution in [2.24, 2.45) is 0 Å². The normalized spacial score (nSPS) is 21.6. The molecule has 0 N–H and O–H groups in total. The van der Waals surface area contributed by atoms with Crippen LogP contribution in [0.1, 0.15) is 6.42 Å². The Bertz CT molecular complexity index is 496. The van der Waals surface area contributed by atoms with E-state index in [2.05, 4.69) is 0 Å². The van der Waals surface area contributed by atoms with Gasteiger partial charge in [-0.05, 0) is 18.6 Å². The summed E-state index contributed by atoms with van der Waals surface area (Å²) >= 11 is 0. The molecule has 1 amide bonds. The van der Waals surface area contributed by atoms with Crippen molar-refractivity contribution in [1.82, 2.24) is 4.90 Å². The van der Waals surface area contributed by atoms with Gasteiger partial charge in [-0.3, -0.25) is 4.79 Å². The molecule has 0 aromatic heterocycles. The zero-order valence-corrected chi connectivity index (χ0v) is 12.3. The van der Waals surface area contributed by atoms with E-state index in [0.29, 0.717) is 25.3 Å². The monoisotopic (exact) mass is 297 g/mol. The van der Waals surface area contributed by atoms with Crippen molar-refractivity contribution in [3.8, 4) is 5.75 Å². The third-order valence-electron chi connectivity index (χ3n) is 3.67. The zero-order valence-electron chi connectivity index (χ0n) is 12.3. The van der Waals surface area contributed by atoms with Gasteiger partial charge in [-0.25, -0.2) is 4.39 Å². The van der Waals surface area contributed by atoms with Gasteiger partial charge in [-0.1, -0.05) is 6.07 Å². The summed E-state index contributed by atoms with van der Waals surface area (Å²) in [6, 6.07) is 5.97. The van der Waals surface area contributed by atoms with Crippen LogP contribution in [0, 0.1) is 5.82 Å². The standard InChI is InChI=1S/C15H20FNO4/c1-19-9-14(18)17-7-6-15(10-17,20-2)11-21-13-5-3-4-12(16)8-13/h3-5,8H,6-7,9-11H2,1-2H3/t15-/m0/s1. The Kier molecular flexibility index (Phi) is 5.14. The first kappa shape index (κ1) is 15.7. The first-order valence-corrected chi connectivity index (χ1v) is 6.79. The number of nitrogens with zero attached hydrogens (tertiary/aromatic N) is 1. The van der Waals surface area contributed by atoms with E-state index in [4.69, 9.17) is 14.2 Å². The fourth-order valence-electron chi connectivity index (χ4n) is 2.39. The first-order chi connectivity index (χ1) is 10.1. The largest absolute Gasteiger partial charge is 0.490 e. The molecule has 2 rings (SSSR count). The number of likely N-dealkylation sites (tertiary alicyclic amines) is 1. The average Bonchev–Trinajstić information content (AvgIpc) is 2.91. The number of methoxy groups -OCH3 is 2. The second-order valence-corrected chi connectivity index (χ2v) is 5.13. The summed E-state index contributed by atoms with van der Waals surface area (Å²) in [5.74, 6) is 0.0394. The summed E-state index contributed by atoms with van der Waals surface area (Å²) < 4.78 is 29.1. The maximum absolute atomic E-state index is 13.1. The molecule has 0 saturated carbocycles. The lowest BCUT2D eigenvalue weighted by Gasteiger charge is -2.27. The van der Waals surface area contributed by atoms with E-state index in [0.717, 1.165) is 0 Å². The number of amides is 1. The number of carbonyl (C=O) groups is 1. The Labute approximate surface area is 123 Å². The van der Waals surface area contributed by atoms with Crippen LogP contribution in [0.15, 0.2) is 24.3 Å². The molecule has 1 fully saturated rings. The smallest absolute Gasteiger partial charge is 0.248 e. The molecule has 1 saturated heterocycles. The molecular formula is C15H20FNO4. The van der Waals surface area contributed by atoms with Gasteiger partial charge in [0.1, 0.15) is 30.4 Å². The van der Waals surface area contributed by atoms with Crippen LogP contribution < -0.4 is 4.74 Å². The summed E-state index contributed by atoms with van der Waals surface area (Å²) in [6.07, 6.45) is 0.675. The van der Waals surface area contributed by atoms with Gasteiger partial charge in [-0.2, -0.15) is 0 Å². The number of ether oxygens (including phenoxy) is 3. The second kappa shape index (κ2) is 6.87. The van der Waals surface area contributed by atoms with Crippen LogP contribution in [0.25, 0.3) is 0 Å². The summed E-state index contributed by atoms with van der Waals surface area (Å²) in [5.41, 5.74) is -0.560. The minimum Gasteiger partial charge on any atom is -0.490 e. The maximum atomic E-state index is 13.1. The quantitative estimate of drug-likeness (QED) is 0.798. The number of hydrogen-bond donors (Lipinski definition) is 0. The lowest BCUT2D eigenvalue weighted by atomic mass is 10.0. The van der Waals surface area contributed by atoms with Crippen LogP contribution in [0.4, 0.5) is 4.39 Å². The van der Waals surface area contributed by atoms with Crippen LogP contribution in [-0.4, -0.2) is 56.9 Å². The molecule has 0 aliphatic carbocycles. The van der Waals surface area contributed by atoms with Crippen molar-refractivity contribution >= 4 is 5.91 Å². The van der Waals surface area contributed by atoms with Crippen molar-refractivity contribution in [3.63, 3.8) is 0 Å². The number of rotatable bonds is 6. The van der Waals surface area contributed by atoms with E-state index >= 15 is 0 Å². The van der Waals surface area contributed by atoms with Crippen molar-refractivity contribution in [3.05, 3.63) is 30.1 Å². The van der Waals surface area contributed by atoms with Gasteiger partial charge in [0, 0.05) is 26.8 Å². The van der Waals surface area contributed by atoms with Gasteiger partial charge in [0.25, 0.3) is 0 Å². The number of hydrogen-bond acceptors (Lipinski definition) is 4. The van der Waals surface area contributed by atoms with Gasteiger partial charge < -0.3 is 19.1 Å². The Balaban J connectivity index is 1.95. The van der Waals surface area contributed by atoms with E-state index in [1.54, 1.807) is 24.1 Å². The molecule has 0 spiro atoms. The molecule has 116 valence electrons. The fraction of sp³-hybridized carbons (Fsp3) is 0.533. The van der Waals surface area contributed by atoms with Gasteiger partial charge in [0.15, 0.2) is 0 Å². The molecule has 5 nitrogen and oxygen atoms in total. The molecule has 1 atom stereocenters. The van der Waals surface area contributed by atoms with Crippen LogP contribution in [0.2, 0.25) is 0 Å². The maximum Gasteiger partial charge on any atom is 0.248 e. The highest BCUT2D eigenvalue weighted by molar-refractivity contribution is 5.77. The van der Waals surface area contributed by atoms with Crippen LogP contribution in [-0.2, 0) is 14.3 Å². The summed E-state index contributed by atoms with van der Waals surface area (Å²) in [7, 11) is 3.09. The molecule has 6 heteroatoms. The predicted octanol–water partition coefficient (Wildman–Crippen LogP) is 1.47. The van der Waals surface area contributed by atoms with Crippen LogP contribution in [0.3, 0.4) is 0 Å². The average molecular weight is 297 g/mol. The molecule has 0 radical (unpaired) electrons. The van der Waals surface area contributed by atoms with Crippen molar-refractivity contribution in [2.75, 3.05) is 40.5 Å². The van der Waals surface area contributed by atoms with Gasteiger partial charge in [0.05, 0.1) is 6.54 Å².